The van der Waals surface area contributed by atoms with Gasteiger partial charge >= 0.3 is 0 Å². The second kappa shape index (κ2) is 4.39. The van der Waals surface area contributed by atoms with Crippen LogP contribution in [0.15, 0.2) is 29.1 Å². The molecule has 0 atom stereocenters. The molecule has 0 saturated heterocycles. The summed E-state index contributed by atoms with van der Waals surface area (Å²) in [6.45, 7) is 1.76. The molecule has 0 spiro atoms. The second-order valence-corrected chi connectivity index (χ2v) is 4.36. The Balaban J connectivity index is 2.64. The van der Waals surface area contributed by atoms with Crippen LogP contribution in [-0.2, 0) is 0 Å². The average molecular weight is 270 g/mol. The van der Waals surface area contributed by atoms with Crippen molar-refractivity contribution in [3.8, 4) is 5.69 Å². The number of halogens is 2. The fourth-order valence-electron chi connectivity index (χ4n) is 1.44. The monoisotopic (exact) mass is 269 g/mol. The Labute approximate surface area is 108 Å². The van der Waals surface area contributed by atoms with Crippen LogP contribution in [0, 0.1) is 6.92 Å². The summed E-state index contributed by atoms with van der Waals surface area (Å²) < 4.78 is 1.54. The Morgan fingerprint density at radius 2 is 1.94 bits per heavy atom. The molecule has 0 aliphatic carbocycles. The van der Waals surface area contributed by atoms with E-state index in [1.807, 2.05) is 0 Å². The predicted molar refractivity (Wildman–Crippen MR) is 69.0 cm³/mol. The first-order valence-electron chi connectivity index (χ1n) is 4.81. The van der Waals surface area contributed by atoms with E-state index in [1.54, 1.807) is 29.8 Å². The zero-order chi connectivity index (χ0) is 12.6. The fourth-order valence-corrected chi connectivity index (χ4v) is 1.73. The molecule has 0 bridgehead atoms. The molecule has 4 nitrogen and oxygen atoms in total. The van der Waals surface area contributed by atoms with Gasteiger partial charge in [-0.25, -0.2) is 4.68 Å². The number of aromatic nitrogens is 2. The summed E-state index contributed by atoms with van der Waals surface area (Å²) in [5, 5.41) is 4.87. The molecule has 2 N–H and O–H groups in total. The molecule has 0 amide bonds. The normalized spacial score (nSPS) is 10.5. The molecule has 88 valence electrons. The molecule has 2 aromatic rings. The van der Waals surface area contributed by atoms with Crippen LogP contribution in [0.4, 0.5) is 5.82 Å². The first kappa shape index (κ1) is 12.0. The van der Waals surface area contributed by atoms with E-state index in [1.165, 1.54) is 6.07 Å². The van der Waals surface area contributed by atoms with Crippen molar-refractivity contribution in [3.05, 3.63) is 50.2 Å². The first-order valence-corrected chi connectivity index (χ1v) is 5.56. The van der Waals surface area contributed by atoms with E-state index in [0.29, 0.717) is 21.4 Å². The Morgan fingerprint density at radius 1 is 1.24 bits per heavy atom. The molecule has 0 aliphatic heterocycles. The van der Waals surface area contributed by atoms with E-state index in [4.69, 9.17) is 28.9 Å². The van der Waals surface area contributed by atoms with Crippen molar-refractivity contribution in [1.82, 2.24) is 9.78 Å². The number of nitrogen functional groups attached to an aromatic ring is 1. The smallest absolute Gasteiger partial charge is 0.224 e. The highest BCUT2D eigenvalue weighted by molar-refractivity contribution is 6.42. The van der Waals surface area contributed by atoms with Crippen molar-refractivity contribution in [2.45, 2.75) is 6.92 Å². The maximum absolute atomic E-state index is 11.3. The summed E-state index contributed by atoms with van der Waals surface area (Å²) in [6, 6.07) is 6.49. The van der Waals surface area contributed by atoms with Gasteiger partial charge in [-0.2, -0.15) is 0 Å². The van der Waals surface area contributed by atoms with Crippen LogP contribution in [0.3, 0.4) is 0 Å². The maximum Gasteiger partial charge on any atom is 0.224 e. The minimum absolute atomic E-state index is 0.0540. The van der Waals surface area contributed by atoms with Gasteiger partial charge in [-0.15, -0.1) is 5.10 Å². The Morgan fingerprint density at radius 3 is 2.59 bits per heavy atom. The summed E-state index contributed by atoms with van der Waals surface area (Å²) in [4.78, 5) is 11.3. The predicted octanol–water partition coefficient (Wildman–Crippen LogP) is 2.43. The number of nitrogens with two attached hydrogens (primary N) is 1. The summed E-state index contributed by atoms with van der Waals surface area (Å²) in [6.07, 6.45) is 0. The van der Waals surface area contributed by atoms with E-state index >= 15 is 0 Å². The molecular formula is C11H9Cl2N3O. The van der Waals surface area contributed by atoms with Crippen LogP contribution in [0.2, 0.25) is 10.0 Å². The molecule has 0 fully saturated rings. The SMILES string of the molecule is Cc1cc(=O)c(N)nn1-c1ccc(Cl)c(Cl)c1. The standard InChI is InChI=1S/C11H9Cl2N3O/c1-6-4-10(17)11(14)15-16(6)7-2-3-8(12)9(13)5-7/h2-5H,1H3,(H2,14,15). The zero-order valence-corrected chi connectivity index (χ0v) is 10.5. The molecule has 0 radical (unpaired) electrons. The highest BCUT2D eigenvalue weighted by atomic mass is 35.5. The van der Waals surface area contributed by atoms with Gasteiger partial charge in [-0.3, -0.25) is 4.79 Å². The molecule has 1 heterocycles. The average Bonchev–Trinajstić information content (AvgIpc) is 2.27. The third-order valence-corrected chi connectivity index (χ3v) is 3.02. The highest BCUT2D eigenvalue weighted by Crippen LogP contribution is 2.24. The van der Waals surface area contributed by atoms with Gasteiger partial charge in [0.15, 0.2) is 5.82 Å². The van der Waals surface area contributed by atoms with E-state index in [-0.39, 0.29) is 11.2 Å². The largest absolute Gasteiger partial charge is 0.379 e. The molecular weight excluding hydrogens is 261 g/mol. The quantitative estimate of drug-likeness (QED) is 0.865. The van der Waals surface area contributed by atoms with Crippen molar-refractivity contribution < 1.29 is 0 Å². The van der Waals surface area contributed by atoms with Crippen LogP contribution in [0.25, 0.3) is 5.69 Å². The number of benzene rings is 1. The number of hydrogen-bond acceptors (Lipinski definition) is 3. The Kier molecular flexibility index (Phi) is 3.09. The summed E-state index contributed by atoms with van der Waals surface area (Å²) in [5.41, 5.74) is 6.57. The van der Waals surface area contributed by atoms with Gasteiger partial charge in [-0.05, 0) is 25.1 Å². The lowest BCUT2D eigenvalue weighted by Gasteiger charge is -2.10. The third-order valence-electron chi connectivity index (χ3n) is 2.28. The van der Waals surface area contributed by atoms with Crippen LogP contribution in [-0.4, -0.2) is 9.78 Å². The lowest BCUT2D eigenvalue weighted by atomic mass is 10.3. The fraction of sp³-hybridized carbons (Fsp3) is 0.0909. The van der Waals surface area contributed by atoms with Gasteiger partial charge in [0.2, 0.25) is 5.43 Å². The van der Waals surface area contributed by atoms with Crippen LogP contribution in [0.5, 0.6) is 0 Å². The van der Waals surface area contributed by atoms with E-state index in [2.05, 4.69) is 5.10 Å². The van der Waals surface area contributed by atoms with Gasteiger partial charge in [0.25, 0.3) is 0 Å². The van der Waals surface area contributed by atoms with E-state index in [9.17, 15) is 4.79 Å². The van der Waals surface area contributed by atoms with Crippen molar-refractivity contribution in [2.24, 2.45) is 0 Å². The molecule has 1 aromatic carbocycles. The third kappa shape index (κ3) is 2.28. The minimum Gasteiger partial charge on any atom is -0.379 e. The van der Waals surface area contributed by atoms with Crippen LogP contribution in [0.1, 0.15) is 5.69 Å². The summed E-state index contributed by atoms with van der Waals surface area (Å²) in [7, 11) is 0. The van der Waals surface area contributed by atoms with Gasteiger partial charge in [-0.1, -0.05) is 23.2 Å². The number of anilines is 1. The lowest BCUT2D eigenvalue weighted by molar-refractivity contribution is 0.808. The molecule has 0 saturated carbocycles. The maximum atomic E-state index is 11.3. The first-order chi connectivity index (χ1) is 7.99. The number of aryl methyl sites for hydroxylation is 1. The molecule has 17 heavy (non-hydrogen) atoms. The van der Waals surface area contributed by atoms with E-state index < -0.39 is 0 Å². The molecule has 0 unspecified atom stereocenters. The molecule has 0 aliphatic rings. The summed E-state index contributed by atoms with van der Waals surface area (Å²) >= 11 is 11.7. The summed E-state index contributed by atoms with van der Waals surface area (Å²) in [5.74, 6) is -0.0540. The van der Waals surface area contributed by atoms with Crippen LogP contribution >= 0.6 is 23.2 Å². The number of nitrogens with zero attached hydrogens (tertiary/aromatic N) is 2. The van der Waals surface area contributed by atoms with Gasteiger partial charge in [0.05, 0.1) is 15.7 Å². The Hall–Kier alpha value is -1.52. The van der Waals surface area contributed by atoms with Crippen LogP contribution < -0.4 is 11.2 Å². The zero-order valence-electron chi connectivity index (χ0n) is 8.95. The lowest BCUT2D eigenvalue weighted by Crippen LogP contribution is -2.17. The topological polar surface area (TPSA) is 60.9 Å². The Bertz CT molecular complexity index is 637. The van der Waals surface area contributed by atoms with Crippen molar-refractivity contribution >= 4 is 29.0 Å². The second-order valence-electron chi connectivity index (χ2n) is 3.55. The molecule has 2 rings (SSSR count). The van der Waals surface area contributed by atoms with Crippen molar-refractivity contribution in [1.29, 1.82) is 0 Å². The minimum atomic E-state index is -0.293. The number of hydrogen-bond donors (Lipinski definition) is 1. The highest BCUT2D eigenvalue weighted by Gasteiger charge is 2.06. The van der Waals surface area contributed by atoms with E-state index in [0.717, 1.165) is 0 Å². The van der Waals surface area contributed by atoms with Crippen molar-refractivity contribution in [2.75, 3.05) is 5.73 Å². The van der Waals surface area contributed by atoms with Crippen molar-refractivity contribution in [3.63, 3.8) is 0 Å². The molecule has 1 aromatic heterocycles. The van der Waals surface area contributed by atoms with Gasteiger partial charge in [0.1, 0.15) is 0 Å². The molecule has 6 heteroatoms. The van der Waals surface area contributed by atoms with Gasteiger partial charge in [0, 0.05) is 11.8 Å². The number of rotatable bonds is 1. The van der Waals surface area contributed by atoms with Gasteiger partial charge < -0.3 is 5.73 Å².